The van der Waals surface area contributed by atoms with Crippen molar-refractivity contribution in [3.05, 3.63) is 63.3 Å². The predicted octanol–water partition coefficient (Wildman–Crippen LogP) is 3.84. The molecule has 1 aromatic carbocycles. The summed E-state index contributed by atoms with van der Waals surface area (Å²) >= 11 is 3.00. The van der Waals surface area contributed by atoms with Gasteiger partial charge in [0.1, 0.15) is 24.6 Å². The van der Waals surface area contributed by atoms with Gasteiger partial charge < -0.3 is 14.8 Å². The maximum atomic E-state index is 13.1. The van der Waals surface area contributed by atoms with Gasteiger partial charge in [-0.3, -0.25) is 14.2 Å². The Morgan fingerprint density at radius 2 is 2.06 bits per heavy atom. The van der Waals surface area contributed by atoms with Crippen molar-refractivity contribution in [1.82, 2.24) is 14.9 Å². The summed E-state index contributed by atoms with van der Waals surface area (Å²) < 4.78 is 12.5. The number of rotatable bonds is 5. The van der Waals surface area contributed by atoms with Crippen LogP contribution in [0.4, 0.5) is 0 Å². The van der Waals surface area contributed by atoms with Crippen LogP contribution in [-0.4, -0.2) is 28.7 Å². The number of amides is 1. The van der Waals surface area contributed by atoms with E-state index in [9.17, 15) is 9.59 Å². The molecule has 0 unspecified atom stereocenters. The van der Waals surface area contributed by atoms with Crippen molar-refractivity contribution < 1.29 is 14.3 Å². The van der Waals surface area contributed by atoms with Crippen LogP contribution >= 0.6 is 22.7 Å². The topological polar surface area (TPSA) is 82.5 Å². The standard InChI is InChI=1S/C22H19N3O4S2/c1-13(14-4-5-16-17(9-14)29-7-6-28-16)24-19(26)10-25-12-23-21-20(22(25)27)15(11-31-21)18-3-2-8-30-18/h2-5,8-9,11-13H,6-7,10H2,1H3,(H,24,26)/t13-/m0/s1. The maximum Gasteiger partial charge on any atom is 0.263 e. The molecule has 0 saturated heterocycles. The number of hydrogen-bond donors (Lipinski definition) is 1. The fourth-order valence-electron chi connectivity index (χ4n) is 3.55. The van der Waals surface area contributed by atoms with Crippen molar-refractivity contribution in [2.24, 2.45) is 0 Å². The van der Waals surface area contributed by atoms with Crippen LogP contribution in [0.2, 0.25) is 0 Å². The van der Waals surface area contributed by atoms with Gasteiger partial charge in [-0.15, -0.1) is 22.7 Å². The largest absolute Gasteiger partial charge is 0.486 e. The SMILES string of the molecule is C[C@H](NC(=O)Cn1cnc2scc(-c3cccs3)c2c1=O)c1ccc2c(c1)OCCO2. The molecule has 158 valence electrons. The first-order chi connectivity index (χ1) is 15.1. The molecule has 1 atom stereocenters. The number of ether oxygens (including phenoxy) is 2. The third kappa shape index (κ3) is 3.82. The van der Waals surface area contributed by atoms with Gasteiger partial charge >= 0.3 is 0 Å². The first-order valence-electron chi connectivity index (χ1n) is 9.79. The summed E-state index contributed by atoms with van der Waals surface area (Å²) in [7, 11) is 0. The average molecular weight is 454 g/mol. The molecular formula is C22H19N3O4S2. The lowest BCUT2D eigenvalue weighted by atomic mass is 10.1. The number of carbonyl (C=O) groups excluding carboxylic acids is 1. The molecule has 5 rings (SSSR count). The molecule has 4 aromatic rings. The summed E-state index contributed by atoms with van der Waals surface area (Å²) in [5.41, 5.74) is 1.56. The quantitative estimate of drug-likeness (QED) is 0.497. The van der Waals surface area contributed by atoms with Crippen LogP contribution in [0.5, 0.6) is 11.5 Å². The molecule has 0 bridgehead atoms. The lowest BCUT2D eigenvalue weighted by Gasteiger charge is -2.21. The van der Waals surface area contributed by atoms with E-state index in [4.69, 9.17) is 9.47 Å². The molecule has 0 saturated carbocycles. The first-order valence-corrected chi connectivity index (χ1v) is 11.6. The van der Waals surface area contributed by atoms with Crippen molar-refractivity contribution in [1.29, 1.82) is 0 Å². The van der Waals surface area contributed by atoms with Crippen LogP contribution in [0.15, 0.2) is 52.2 Å². The Morgan fingerprint density at radius 1 is 1.23 bits per heavy atom. The van der Waals surface area contributed by atoms with E-state index in [1.54, 1.807) is 11.3 Å². The lowest BCUT2D eigenvalue weighted by molar-refractivity contribution is -0.122. The highest BCUT2D eigenvalue weighted by atomic mass is 32.1. The van der Waals surface area contributed by atoms with E-state index < -0.39 is 0 Å². The number of benzene rings is 1. The van der Waals surface area contributed by atoms with Gasteiger partial charge in [0.2, 0.25) is 5.91 Å². The van der Waals surface area contributed by atoms with E-state index in [1.807, 2.05) is 48.0 Å². The van der Waals surface area contributed by atoms with E-state index >= 15 is 0 Å². The molecule has 7 nitrogen and oxygen atoms in total. The number of aromatic nitrogens is 2. The minimum atomic E-state index is -0.265. The van der Waals surface area contributed by atoms with Gasteiger partial charge in [0.25, 0.3) is 5.56 Å². The fourth-order valence-corrected chi connectivity index (χ4v) is 5.27. The molecule has 0 fully saturated rings. The van der Waals surface area contributed by atoms with E-state index in [1.165, 1.54) is 22.2 Å². The molecule has 0 aliphatic carbocycles. The van der Waals surface area contributed by atoms with Crippen molar-refractivity contribution in [3.8, 4) is 21.9 Å². The molecule has 31 heavy (non-hydrogen) atoms. The number of hydrogen-bond acceptors (Lipinski definition) is 7. The molecule has 9 heteroatoms. The summed E-state index contributed by atoms with van der Waals surface area (Å²) in [6, 6.07) is 9.29. The van der Waals surface area contributed by atoms with Gasteiger partial charge in [-0.1, -0.05) is 12.1 Å². The van der Waals surface area contributed by atoms with Crippen LogP contribution in [-0.2, 0) is 11.3 Å². The van der Waals surface area contributed by atoms with E-state index in [2.05, 4.69) is 10.3 Å². The molecular weight excluding hydrogens is 434 g/mol. The monoisotopic (exact) mass is 453 g/mol. The minimum Gasteiger partial charge on any atom is -0.486 e. The first kappa shape index (κ1) is 19.8. The van der Waals surface area contributed by atoms with Crippen LogP contribution in [0.3, 0.4) is 0 Å². The second kappa shape index (κ2) is 8.16. The second-order valence-electron chi connectivity index (χ2n) is 7.18. The molecule has 3 aromatic heterocycles. The second-order valence-corrected chi connectivity index (χ2v) is 8.98. The fraction of sp³-hybridized carbons (Fsp3) is 0.227. The van der Waals surface area contributed by atoms with Gasteiger partial charge in [0.05, 0.1) is 17.8 Å². The number of thiophene rings is 2. The predicted molar refractivity (Wildman–Crippen MR) is 121 cm³/mol. The van der Waals surface area contributed by atoms with Gasteiger partial charge in [-0.05, 0) is 36.1 Å². The van der Waals surface area contributed by atoms with E-state index in [0.717, 1.165) is 16.0 Å². The van der Waals surface area contributed by atoms with Gasteiger partial charge in [-0.2, -0.15) is 0 Å². The van der Waals surface area contributed by atoms with Crippen molar-refractivity contribution in [3.63, 3.8) is 0 Å². The third-order valence-electron chi connectivity index (χ3n) is 5.11. The Morgan fingerprint density at radius 3 is 2.87 bits per heavy atom. The average Bonchev–Trinajstić information content (AvgIpc) is 3.45. The molecule has 0 radical (unpaired) electrons. The van der Waals surface area contributed by atoms with Gasteiger partial charge in [-0.25, -0.2) is 4.98 Å². The number of carbonyl (C=O) groups is 1. The minimum absolute atomic E-state index is 0.101. The third-order valence-corrected chi connectivity index (χ3v) is 6.89. The zero-order valence-corrected chi connectivity index (χ0v) is 18.3. The molecule has 4 heterocycles. The highest BCUT2D eigenvalue weighted by Crippen LogP contribution is 2.34. The zero-order valence-electron chi connectivity index (χ0n) is 16.7. The van der Waals surface area contributed by atoms with Crippen molar-refractivity contribution in [2.45, 2.75) is 19.5 Å². The molecule has 1 N–H and O–H groups in total. The van der Waals surface area contributed by atoms with E-state index in [-0.39, 0.29) is 24.1 Å². The van der Waals surface area contributed by atoms with Crippen LogP contribution in [0.25, 0.3) is 20.7 Å². The van der Waals surface area contributed by atoms with Gasteiger partial charge in [0, 0.05) is 15.8 Å². The smallest absolute Gasteiger partial charge is 0.263 e. The summed E-state index contributed by atoms with van der Waals surface area (Å²) in [5, 5.41) is 7.42. The zero-order chi connectivity index (χ0) is 21.4. The Balaban J connectivity index is 1.35. The molecule has 1 aliphatic heterocycles. The van der Waals surface area contributed by atoms with Crippen molar-refractivity contribution in [2.75, 3.05) is 13.2 Å². The number of fused-ring (bicyclic) bond motifs is 2. The Kier molecular flexibility index (Phi) is 5.21. The van der Waals surface area contributed by atoms with Crippen molar-refractivity contribution >= 4 is 38.8 Å². The molecule has 1 amide bonds. The highest BCUT2D eigenvalue weighted by Gasteiger charge is 2.18. The molecule has 1 aliphatic rings. The summed E-state index contributed by atoms with van der Waals surface area (Å²) in [6.07, 6.45) is 1.44. The van der Waals surface area contributed by atoms with Crippen LogP contribution in [0, 0.1) is 0 Å². The number of nitrogens with zero attached hydrogens (tertiary/aromatic N) is 2. The Bertz CT molecular complexity index is 1310. The normalized spacial score (nSPS) is 13.8. The summed E-state index contributed by atoms with van der Waals surface area (Å²) in [4.78, 5) is 31.8. The van der Waals surface area contributed by atoms with Gasteiger partial charge in [0.15, 0.2) is 11.5 Å². The lowest BCUT2D eigenvalue weighted by Crippen LogP contribution is -2.34. The Labute approximate surface area is 185 Å². The maximum absolute atomic E-state index is 13.1. The highest BCUT2D eigenvalue weighted by molar-refractivity contribution is 7.18. The van der Waals surface area contributed by atoms with Crippen LogP contribution in [0.1, 0.15) is 18.5 Å². The van der Waals surface area contributed by atoms with E-state index in [0.29, 0.717) is 34.9 Å². The molecule has 0 spiro atoms. The van der Waals surface area contributed by atoms with Crippen LogP contribution < -0.4 is 20.3 Å². The summed E-state index contributed by atoms with van der Waals surface area (Å²) in [6.45, 7) is 2.83. The Hall–Kier alpha value is -3.17. The summed E-state index contributed by atoms with van der Waals surface area (Å²) in [5.74, 6) is 1.12. The number of nitrogens with one attached hydrogen (secondary N) is 1.